The van der Waals surface area contributed by atoms with Gasteiger partial charge in [-0.3, -0.25) is 13.9 Å². The van der Waals surface area contributed by atoms with E-state index in [0.29, 0.717) is 27.8 Å². The van der Waals surface area contributed by atoms with Crippen LogP contribution in [0.5, 0.6) is 0 Å². The molecule has 10 heteroatoms. The van der Waals surface area contributed by atoms with Gasteiger partial charge in [-0.25, -0.2) is 8.42 Å². The Bertz CT molecular complexity index is 1420. The number of anilines is 1. The molecule has 0 saturated heterocycles. The maximum atomic E-state index is 14.0. The third kappa shape index (κ3) is 7.77. The molecule has 0 heterocycles. The van der Waals surface area contributed by atoms with Crippen LogP contribution in [-0.2, 0) is 26.2 Å². The molecule has 1 atom stereocenters. The zero-order valence-electron chi connectivity index (χ0n) is 23.3. The molecule has 1 N–H and O–H groups in total. The maximum absolute atomic E-state index is 14.0. The molecule has 0 saturated carbocycles. The van der Waals surface area contributed by atoms with Gasteiger partial charge in [-0.1, -0.05) is 78.5 Å². The molecular weight excluding hydrogens is 569 g/mol. The number of halogens is 2. The minimum atomic E-state index is -4.14. The summed E-state index contributed by atoms with van der Waals surface area (Å²) in [4.78, 5) is 28.4. The fraction of sp³-hybridized carbons (Fsp3) is 0.333. The fourth-order valence-electron chi connectivity index (χ4n) is 3.97. The summed E-state index contributed by atoms with van der Waals surface area (Å²) in [6, 6.07) is 17.4. The predicted molar refractivity (Wildman–Crippen MR) is 161 cm³/mol. The van der Waals surface area contributed by atoms with Crippen LogP contribution in [0.25, 0.3) is 0 Å². The van der Waals surface area contributed by atoms with Gasteiger partial charge in [0.2, 0.25) is 11.8 Å². The first-order chi connectivity index (χ1) is 18.8. The standard InChI is InChI=1S/C30H35Cl2N3O4S/c1-20(2)17-33-30(37)23(5)34(18-26-27(31)7-6-8-28(26)32)29(36)19-35(24-13-9-21(3)10-14-24)40(38,39)25-15-11-22(4)12-16-25/h6-16,20,23H,17-19H2,1-5H3,(H,33,37). The van der Waals surface area contributed by atoms with Crippen molar-refractivity contribution in [1.82, 2.24) is 10.2 Å². The summed E-state index contributed by atoms with van der Waals surface area (Å²) in [5.41, 5.74) is 2.63. The Hall–Kier alpha value is -3.07. The van der Waals surface area contributed by atoms with Gasteiger partial charge in [0.15, 0.2) is 0 Å². The molecule has 0 bridgehead atoms. The molecule has 0 radical (unpaired) electrons. The first-order valence-electron chi connectivity index (χ1n) is 13.0. The summed E-state index contributed by atoms with van der Waals surface area (Å²) in [5, 5.41) is 3.53. The minimum Gasteiger partial charge on any atom is -0.354 e. The van der Waals surface area contributed by atoms with Gasteiger partial charge in [0.05, 0.1) is 10.6 Å². The number of carbonyl (C=O) groups excluding carboxylic acids is 2. The number of amides is 2. The molecule has 2 amide bonds. The van der Waals surface area contributed by atoms with Crippen LogP contribution in [0.15, 0.2) is 71.6 Å². The van der Waals surface area contributed by atoms with E-state index in [1.165, 1.54) is 17.0 Å². The average molecular weight is 605 g/mol. The predicted octanol–water partition coefficient (Wildman–Crippen LogP) is 6.00. The first-order valence-corrected chi connectivity index (χ1v) is 15.2. The molecule has 3 aromatic rings. The van der Waals surface area contributed by atoms with Crippen LogP contribution < -0.4 is 9.62 Å². The van der Waals surface area contributed by atoms with Crippen molar-refractivity contribution in [3.05, 3.63) is 93.5 Å². The highest BCUT2D eigenvalue weighted by Gasteiger charge is 2.33. The van der Waals surface area contributed by atoms with Crippen molar-refractivity contribution < 1.29 is 18.0 Å². The summed E-state index contributed by atoms with van der Waals surface area (Å²) in [7, 11) is -4.14. The molecule has 0 fully saturated rings. The van der Waals surface area contributed by atoms with Crippen molar-refractivity contribution in [1.29, 1.82) is 0 Å². The van der Waals surface area contributed by atoms with E-state index in [1.807, 2.05) is 27.7 Å². The number of carbonyl (C=O) groups is 2. The first kappa shape index (κ1) is 31.5. The summed E-state index contributed by atoms with van der Waals surface area (Å²) < 4.78 is 28.8. The number of hydrogen-bond acceptors (Lipinski definition) is 4. The van der Waals surface area contributed by atoms with Crippen LogP contribution in [0.3, 0.4) is 0 Å². The third-order valence-electron chi connectivity index (χ3n) is 6.45. The fourth-order valence-corrected chi connectivity index (χ4v) is 5.90. The number of nitrogens with one attached hydrogen (secondary N) is 1. The lowest BCUT2D eigenvalue weighted by molar-refractivity contribution is -0.139. The van der Waals surface area contributed by atoms with Gasteiger partial charge in [0, 0.05) is 28.7 Å². The largest absolute Gasteiger partial charge is 0.354 e. The van der Waals surface area contributed by atoms with E-state index in [1.54, 1.807) is 61.5 Å². The van der Waals surface area contributed by atoms with Crippen LogP contribution in [-0.4, -0.2) is 44.3 Å². The second-order valence-corrected chi connectivity index (χ2v) is 12.9. The van der Waals surface area contributed by atoms with Gasteiger partial charge < -0.3 is 10.2 Å². The number of nitrogens with zero attached hydrogens (tertiary/aromatic N) is 2. The highest BCUT2D eigenvalue weighted by molar-refractivity contribution is 7.92. The van der Waals surface area contributed by atoms with Crippen molar-refractivity contribution >= 4 is 50.7 Å². The van der Waals surface area contributed by atoms with E-state index < -0.39 is 28.5 Å². The lowest BCUT2D eigenvalue weighted by Crippen LogP contribution is -2.51. The highest BCUT2D eigenvalue weighted by atomic mass is 35.5. The van der Waals surface area contributed by atoms with Crippen molar-refractivity contribution in [2.75, 3.05) is 17.4 Å². The molecule has 0 aromatic heterocycles. The van der Waals surface area contributed by atoms with Crippen LogP contribution in [0.4, 0.5) is 5.69 Å². The number of benzene rings is 3. The Labute approximate surface area is 247 Å². The minimum absolute atomic E-state index is 0.0508. The molecule has 0 aliphatic rings. The molecular formula is C30H35Cl2N3O4S. The molecule has 214 valence electrons. The summed E-state index contributed by atoms with van der Waals surface area (Å²) >= 11 is 12.8. The van der Waals surface area contributed by atoms with Crippen molar-refractivity contribution in [2.45, 2.75) is 52.1 Å². The van der Waals surface area contributed by atoms with Gasteiger partial charge in [0.25, 0.3) is 10.0 Å². The van der Waals surface area contributed by atoms with Gasteiger partial charge >= 0.3 is 0 Å². The number of rotatable bonds is 11. The molecule has 40 heavy (non-hydrogen) atoms. The van der Waals surface area contributed by atoms with Crippen LogP contribution in [0, 0.1) is 19.8 Å². The van der Waals surface area contributed by atoms with Crippen molar-refractivity contribution in [2.24, 2.45) is 5.92 Å². The van der Waals surface area contributed by atoms with E-state index in [9.17, 15) is 18.0 Å². The molecule has 3 rings (SSSR count). The number of sulfonamides is 1. The lowest BCUT2D eigenvalue weighted by Gasteiger charge is -2.32. The Morgan fingerprint density at radius 1 is 0.850 bits per heavy atom. The monoisotopic (exact) mass is 603 g/mol. The molecule has 3 aromatic carbocycles. The Kier molecular flexibility index (Phi) is 10.6. The van der Waals surface area contributed by atoms with Crippen LogP contribution in [0.1, 0.15) is 37.5 Å². The lowest BCUT2D eigenvalue weighted by atomic mass is 10.1. The summed E-state index contributed by atoms with van der Waals surface area (Å²) in [6.45, 7) is 9.09. The summed E-state index contributed by atoms with van der Waals surface area (Å²) in [5.74, 6) is -0.747. The second kappa shape index (κ2) is 13.5. The smallest absolute Gasteiger partial charge is 0.264 e. The van der Waals surface area contributed by atoms with Gasteiger partial charge in [-0.15, -0.1) is 0 Å². The quantitative estimate of drug-likeness (QED) is 0.291. The molecule has 0 aliphatic heterocycles. The van der Waals surface area contributed by atoms with Gasteiger partial charge in [-0.05, 0) is 63.1 Å². The summed E-state index contributed by atoms with van der Waals surface area (Å²) in [6.07, 6.45) is 0. The zero-order chi connectivity index (χ0) is 29.6. The molecule has 1 unspecified atom stereocenters. The van der Waals surface area contributed by atoms with E-state index in [-0.39, 0.29) is 23.3 Å². The maximum Gasteiger partial charge on any atom is 0.264 e. The van der Waals surface area contributed by atoms with Crippen LogP contribution >= 0.6 is 23.2 Å². The van der Waals surface area contributed by atoms with E-state index in [0.717, 1.165) is 15.4 Å². The number of aryl methyl sites for hydroxylation is 2. The van der Waals surface area contributed by atoms with E-state index in [4.69, 9.17) is 23.2 Å². The highest BCUT2D eigenvalue weighted by Crippen LogP contribution is 2.28. The van der Waals surface area contributed by atoms with Crippen LogP contribution in [0.2, 0.25) is 10.0 Å². The van der Waals surface area contributed by atoms with E-state index in [2.05, 4.69) is 5.32 Å². The zero-order valence-corrected chi connectivity index (χ0v) is 25.6. The Morgan fingerprint density at radius 3 is 1.90 bits per heavy atom. The van der Waals surface area contributed by atoms with Gasteiger partial charge in [-0.2, -0.15) is 0 Å². The van der Waals surface area contributed by atoms with Crippen molar-refractivity contribution in [3.8, 4) is 0 Å². The number of hydrogen-bond donors (Lipinski definition) is 1. The topological polar surface area (TPSA) is 86.8 Å². The van der Waals surface area contributed by atoms with Crippen molar-refractivity contribution in [3.63, 3.8) is 0 Å². The van der Waals surface area contributed by atoms with Gasteiger partial charge in [0.1, 0.15) is 12.6 Å². The molecule has 0 spiro atoms. The Morgan fingerprint density at radius 2 is 1.38 bits per heavy atom. The Balaban J connectivity index is 2.04. The van der Waals surface area contributed by atoms with E-state index >= 15 is 0 Å². The average Bonchev–Trinajstić information content (AvgIpc) is 2.90. The third-order valence-corrected chi connectivity index (χ3v) is 8.95. The normalized spacial score (nSPS) is 12.2. The SMILES string of the molecule is Cc1ccc(N(CC(=O)N(Cc2c(Cl)cccc2Cl)C(C)C(=O)NCC(C)C)S(=O)(=O)c2ccc(C)cc2)cc1. The second-order valence-electron chi connectivity index (χ2n) is 10.2. The molecule has 7 nitrogen and oxygen atoms in total. The molecule has 0 aliphatic carbocycles.